The predicted octanol–water partition coefficient (Wildman–Crippen LogP) is 3.00. The highest BCUT2D eigenvalue weighted by Gasteiger charge is 2.12. The van der Waals surface area contributed by atoms with E-state index in [1.54, 1.807) is 7.11 Å². The van der Waals surface area contributed by atoms with Crippen molar-refractivity contribution < 1.29 is 9.53 Å². The minimum absolute atomic E-state index is 0.204. The molecule has 2 rings (SSSR count). The Hall–Kier alpha value is -1.83. The molecule has 0 saturated heterocycles. The fraction of sp³-hybridized carbons (Fsp3) is 0.214. The first-order valence-corrected chi connectivity index (χ1v) is 5.36. The number of rotatable bonds is 2. The van der Waals surface area contributed by atoms with Gasteiger partial charge in [0.05, 0.1) is 7.11 Å². The van der Waals surface area contributed by atoms with E-state index in [1.807, 2.05) is 42.5 Å². The molecule has 2 nitrogen and oxygen atoms in total. The fourth-order valence-corrected chi connectivity index (χ4v) is 1.73. The molecule has 0 amide bonds. The van der Waals surface area contributed by atoms with E-state index in [-0.39, 0.29) is 5.78 Å². The van der Waals surface area contributed by atoms with Crippen molar-refractivity contribution in [2.75, 3.05) is 7.11 Å². The largest absolute Gasteiger partial charge is 0.497 e. The molecule has 2 heteroatoms. The predicted molar refractivity (Wildman–Crippen MR) is 64.4 cm³/mol. The van der Waals surface area contributed by atoms with Gasteiger partial charge in [-0.2, -0.15) is 0 Å². The molecule has 0 spiro atoms. The summed E-state index contributed by atoms with van der Waals surface area (Å²) in [6, 6.07) is 7.58. The lowest BCUT2D eigenvalue weighted by Gasteiger charge is -2.05. The van der Waals surface area contributed by atoms with Crippen LogP contribution in [0.15, 0.2) is 42.5 Å². The quantitative estimate of drug-likeness (QED) is 0.756. The number of allylic oxidation sites excluding steroid dienone is 4. The molecule has 82 valence electrons. The molecule has 0 fully saturated rings. The van der Waals surface area contributed by atoms with Crippen LogP contribution in [0.25, 0.3) is 5.57 Å². The van der Waals surface area contributed by atoms with Gasteiger partial charge in [0.25, 0.3) is 0 Å². The van der Waals surface area contributed by atoms with Crippen LogP contribution in [0.3, 0.4) is 0 Å². The number of ketones is 1. The minimum Gasteiger partial charge on any atom is -0.497 e. The van der Waals surface area contributed by atoms with Gasteiger partial charge in [-0.15, -0.1) is 0 Å². The summed E-state index contributed by atoms with van der Waals surface area (Å²) < 4.78 is 5.09. The Bertz CT molecular complexity index is 438. The second-order valence-electron chi connectivity index (χ2n) is 3.70. The molecule has 0 aromatic heterocycles. The van der Waals surface area contributed by atoms with Crippen molar-refractivity contribution in [1.29, 1.82) is 0 Å². The molecule has 1 aliphatic rings. The summed E-state index contributed by atoms with van der Waals surface area (Å²) in [5.74, 6) is 1.01. The second kappa shape index (κ2) is 4.79. The van der Waals surface area contributed by atoms with Crippen molar-refractivity contribution in [3.05, 3.63) is 48.1 Å². The molecule has 0 saturated carbocycles. The topological polar surface area (TPSA) is 26.3 Å². The molecule has 0 atom stereocenters. The van der Waals surface area contributed by atoms with Gasteiger partial charge in [0.1, 0.15) is 5.75 Å². The Labute approximate surface area is 95.2 Å². The van der Waals surface area contributed by atoms with Crippen molar-refractivity contribution in [2.45, 2.75) is 12.8 Å². The van der Waals surface area contributed by atoms with Crippen LogP contribution < -0.4 is 4.74 Å². The Morgan fingerprint density at radius 3 is 2.62 bits per heavy atom. The number of benzene rings is 1. The molecule has 1 aromatic carbocycles. The third kappa shape index (κ3) is 2.22. The molecule has 0 bridgehead atoms. The number of Topliss-reactive ketones (excluding diaryl/α,β-unsaturated/α-hetero) is 1. The minimum atomic E-state index is 0.204. The van der Waals surface area contributed by atoms with E-state index in [9.17, 15) is 4.79 Å². The van der Waals surface area contributed by atoms with Gasteiger partial charge in [-0.1, -0.05) is 30.4 Å². The summed E-state index contributed by atoms with van der Waals surface area (Å²) in [4.78, 5) is 11.8. The van der Waals surface area contributed by atoms with Crippen LogP contribution in [0.2, 0.25) is 0 Å². The number of carbonyl (C=O) groups excluding carboxylic acids is 1. The van der Waals surface area contributed by atoms with Crippen LogP contribution in [-0.4, -0.2) is 12.9 Å². The summed E-state index contributed by atoms with van der Waals surface area (Å²) >= 11 is 0. The standard InChI is InChI=1S/C14H14O2/c1-16-12-9-7-11(8-10-12)13-5-3-2-4-6-14(13)15/h2-3,5,7-10H,4,6H2,1H3. The van der Waals surface area contributed by atoms with Gasteiger partial charge >= 0.3 is 0 Å². The summed E-state index contributed by atoms with van der Waals surface area (Å²) in [7, 11) is 1.63. The summed E-state index contributed by atoms with van der Waals surface area (Å²) in [5, 5.41) is 0. The molecule has 1 aliphatic carbocycles. The van der Waals surface area contributed by atoms with Gasteiger partial charge in [-0.25, -0.2) is 0 Å². The molecular weight excluding hydrogens is 200 g/mol. The zero-order valence-corrected chi connectivity index (χ0v) is 9.27. The van der Waals surface area contributed by atoms with E-state index in [0.717, 1.165) is 23.3 Å². The number of carbonyl (C=O) groups is 1. The van der Waals surface area contributed by atoms with Gasteiger partial charge in [0.2, 0.25) is 0 Å². The summed E-state index contributed by atoms with van der Waals surface area (Å²) in [5.41, 5.74) is 1.74. The number of hydrogen-bond donors (Lipinski definition) is 0. The van der Waals surface area contributed by atoms with Crippen LogP contribution in [0.4, 0.5) is 0 Å². The van der Waals surface area contributed by atoms with E-state index in [0.29, 0.717) is 6.42 Å². The number of hydrogen-bond acceptors (Lipinski definition) is 2. The van der Waals surface area contributed by atoms with E-state index >= 15 is 0 Å². The van der Waals surface area contributed by atoms with Crippen molar-refractivity contribution in [1.82, 2.24) is 0 Å². The lowest BCUT2D eigenvalue weighted by Crippen LogP contribution is -2.00. The molecule has 16 heavy (non-hydrogen) atoms. The third-order valence-electron chi connectivity index (χ3n) is 2.64. The average Bonchev–Trinajstić information content (AvgIpc) is 2.54. The number of ether oxygens (including phenoxy) is 1. The SMILES string of the molecule is COc1ccc(C2=CC=CCCC2=O)cc1. The Kier molecular flexibility index (Phi) is 3.20. The van der Waals surface area contributed by atoms with Gasteiger partial charge in [-0.05, 0) is 24.1 Å². The first-order valence-electron chi connectivity index (χ1n) is 5.36. The highest BCUT2D eigenvalue weighted by molar-refractivity contribution is 6.21. The summed E-state index contributed by atoms with van der Waals surface area (Å²) in [6.07, 6.45) is 7.28. The van der Waals surface area contributed by atoms with Crippen molar-refractivity contribution in [2.24, 2.45) is 0 Å². The smallest absolute Gasteiger partial charge is 0.163 e. The average molecular weight is 214 g/mol. The van der Waals surface area contributed by atoms with E-state index in [2.05, 4.69) is 0 Å². The Morgan fingerprint density at radius 2 is 1.94 bits per heavy atom. The highest BCUT2D eigenvalue weighted by Crippen LogP contribution is 2.22. The lowest BCUT2D eigenvalue weighted by atomic mass is 10.00. The Balaban J connectivity index is 2.31. The van der Waals surface area contributed by atoms with Crippen LogP contribution in [0.1, 0.15) is 18.4 Å². The maximum absolute atomic E-state index is 11.8. The van der Waals surface area contributed by atoms with Crippen LogP contribution in [0.5, 0.6) is 5.75 Å². The van der Waals surface area contributed by atoms with Gasteiger partial charge in [0, 0.05) is 12.0 Å². The first-order chi connectivity index (χ1) is 7.81. The van der Waals surface area contributed by atoms with Crippen molar-refractivity contribution in [3.8, 4) is 5.75 Å². The molecule has 0 radical (unpaired) electrons. The van der Waals surface area contributed by atoms with Gasteiger partial charge in [-0.3, -0.25) is 4.79 Å². The molecule has 0 heterocycles. The monoisotopic (exact) mass is 214 g/mol. The van der Waals surface area contributed by atoms with Crippen molar-refractivity contribution in [3.63, 3.8) is 0 Å². The molecule has 0 unspecified atom stereocenters. The third-order valence-corrected chi connectivity index (χ3v) is 2.64. The molecule has 0 aliphatic heterocycles. The van der Waals surface area contributed by atoms with E-state index in [1.165, 1.54) is 0 Å². The van der Waals surface area contributed by atoms with Gasteiger partial charge < -0.3 is 4.74 Å². The normalized spacial score (nSPS) is 15.6. The lowest BCUT2D eigenvalue weighted by molar-refractivity contribution is -0.113. The zero-order chi connectivity index (χ0) is 11.4. The highest BCUT2D eigenvalue weighted by atomic mass is 16.5. The molecule has 1 aromatic rings. The van der Waals surface area contributed by atoms with Gasteiger partial charge in [0.15, 0.2) is 5.78 Å². The zero-order valence-electron chi connectivity index (χ0n) is 9.27. The molecular formula is C14H14O2. The van der Waals surface area contributed by atoms with Crippen molar-refractivity contribution >= 4 is 11.4 Å². The maximum Gasteiger partial charge on any atom is 0.163 e. The van der Waals surface area contributed by atoms with Crippen LogP contribution in [0, 0.1) is 0 Å². The Morgan fingerprint density at radius 1 is 1.19 bits per heavy atom. The van der Waals surface area contributed by atoms with E-state index in [4.69, 9.17) is 4.74 Å². The summed E-state index contributed by atoms with van der Waals surface area (Å²) in [6.45, 7) is 0. The number of methoxy groups -OCH3 is 1. The van der Waals surface area contributed by atoms with Crippen LogP contribution in [-0.2, 0) is 4.79 Å². The fourth-order valence-electron chi connectivity index (χ4n) is 1.73. The first kappa shape index (κ1) is 10.7. The van der Waals surface area contributed by atoms with Crippen LogP contribution >= 0.6 is 0 Å². The maximum atomic E-state index is 11.8. The van der Waals surface area contributed by atoms with E-state index < -0.39 is 0 Å². The second-order valence-corrected chi connectivity index (χ2v) is 3.70. The molecule has 0 N–H and O–H groups in total.